The normalized spacial score (nSPS) is 18.8. The third-order valence-electron chi connectivity index (χ3n) is 6.12. The Hall–Kier alpha value is -3.02. The number of sulfonamides is 1. The van der Waals surface area contributed by atoms with Crippen molar-refractivity contribution < 1.29 is 27.4 Å². The number of anilines is 1. The van der Waals surface area contributed by atoms with E-state index in [1.54, 1.807) is 12.1 Å². The lowest BCUT2D eigenvalue weighted by molar-refractivity contribution is 0.0483. The number of terminal acetylenes is 1. The number of fused-ring (bicyclic) bond motifs is 1. The molecule has 1 fully saturated rings. The number of benzene rings is 2. The van der Waals surface area contributed by atoms with E-state index in [2.05, 4.69) is 5.92 Å². The Bertz CT molecular complexity index is 1160. The van der Waals surface area contributed by atoms with E-state index in [0.29, 0.717) is 50.0 Å². The van der Waals surface area contributed by atoms with Crippen molar-refractivity contribution in [3.05, 3.63) is 53.6 Å². The first-order chi connectivity index (χ1) is 16.0. The van der Waals surface area contributed by atoms with Crippen molar-refractivity contribution in [2.75, 3.05) is 31.2 Å². The maximum atomic E-state index is 13.7. The lowest BCUT2D eigenvalue weighted by Crippen LogP contribution is -2.43. The monoisotopic (exact) mass is 469 g/mol. The van der Waals surface area contributed by atoms with Gasteiger partial charge in [0.15, 0.2) is 0 Å². The van der Waals surface area contributed by atoms with Gasteiger partial charge in [-0.1, -0.05) is 24.1 Å². The Balaban J connectivity index is 1.69. The maximum Gasteiger partial charge on any atom is 0.341 e. The summed E-state index contributed by atoms with van der Waals surface area (Å²) in [4.78, 5) is 12.5. The highest BCUT2D eigenvalue weighted by Crippen LogP contribution is 2.36. The summed E-state index contributed by atoms with van der Waals surface area (Å²) in [6.07, 6.45) is 8.67. The highest BCUT2D eigenvalue weighted by molar-refractivity contribution is 7.92. The molecule has 2 aliphatic rings. The molecule has 2 aromatic rings. The van der Waals surface area contributed by atoms with E-state index in [1.165, 1.54) is 29.6 Å². The molecule has 1 saturated heterocycles. The second kappa shape index (κ2) is 9.86. The molecule has 0 bridgehead atoms. The van der Waals surface area contributed by atoms with Crippen molar-refractivity contribution in [3.8, 4) is 18.1 Å². The average molecular weight is 470 g/mol. The van der Waals surface area contributed by atoms with Gasteiger partial charge in [-0.25, -0.2) is 13.2 Å². The fraction of sp³-hybridized carbons (Fsp3) is 0.400. The first-order valence-electron chi connectivity index (χ1n) is 11.0. The molecule has 0 aliphatic carbocycles. The van der Waals surface area contributed by atoms with E-state index >= 15 is 0 Å². The summed E-state index contributed by atoms with van der Waals surface area (Å²) in [6, 6.07) is 11.0. The fourth-order valence-electron chi connectivity index (χ4n) is 4.26. The summed E-state index contributed by atoms with van der Waals surface area (Å²) < 4.78 is 44.9. The number of aryl methyl sites for hydroxylation is 1. The number of esters is 1. The molecule has 0 aromatic heterocycles. The molecule has 2 heterocycles. The van der Waals surface area contributed by atoms with E-state index in [0.717, 1.165) is 18.4 Å². The predicted octanol–water partition coefficient (Wildman–Crippen LogP) is 3.42. The smallest absolute Gasteiger partial charge is 0.341 e. The Morgan fingerprint density at radius 2 is 1.94 bits per heavy atom. The molecule has 0 N–H and O–H groups in total. The van der Waals surface area contributed by atoms with Gasteiger partial charge in [0.25, 0.3) is 10.0 Å². The van der Waals surface area contributed by atoms with Crippen LogP contribution in [0.4, 0.5) is 5.69 Å². The van der Waals surface area contributed by atoms with Crippen molar-refractivity contribution in [1.82, 2.24) is 0 Å². The van der Waals surface area contributed by atoms with Gasteiger partial charge >= 0.3 is 5.97 Å². The molecule has 7 nitrogen and oxygen atoms in total. The number of ether oxygens (including phenoxy) is 3. The lowest BCUT2D eigenvalue weighted by atomic mass is 9.99. The minimum Gasteiger partial charge on any atom is -0.492 e. The molecule has 0 spiro atoms. The van der Waals surface area contributed by atoms with Crippen LogP contribution in [0.5, 0.6) is 5.75 Å². The molecule has 4 rings (SSSR count). The first-order valence-corrected chi connectivity index (χ1v) is 12.4. The number of para-hydroxylation sites is 1. The van der Waals surface area contributed by atoms with Crippen LogP contribution in [0.25, 0.3) is 0 Å². The molecule has 0 saturated carbocycles. The summed E-state index contributed by atoms with van der Waals surface area (Å²) in [6.45, 7) is 1.78. The Morgan fingerprint density at radius 1 is 1.18 bits per heavy atom. The van der Waals surface area contributed by atoms with Crippen molar-refractivity contribution in [1.29, 1.82) is 0 Å². The second-order valence-corrected chi connectivity index (χ2v) is 9.98. The summed E-state index contributed by atoms with van der Waals surface area (Å²) in [7, 11) is -2.79. The molecule has 2 aromatic carbocycles. The van der Waals surface area contributed by atoms with Crippen LogP contribution in [0.1, 0.15) is 35.2 Å². The molecular weight excluding hydrogens is 442 g/mol. The van der Waals surface area contributed by atoms with Crippen molar-refractivity contribution in [2.24, 2.45) is 5.92 Å². The SMILES string of the molecule is C#C[C@H]1CCc2ccccc2N1S(=O)(=O)c1ccc(OCC2CCOCC2)c(C(=O)OC)c1. The summed E-state index contributed by atoms with van der Waals surface area (Å²) in [5.41, 5.74) is 1.54. The fourth-order valence-corrected chi connectivity index (χ4v) is 5.93. The van der Waals surface area contributed by atoms with Gasteiger partial charge in [0.1, 0.15) is 17.4 Å². The van der Waals surface area contributed by atoms with Gasteiger partial charge in [-0.05, 0) is 61.4 Å². The van der Waals surface area contributed by atoms with Crippen LogP contribution >= 0.6 is 0 Å². The number of carbonyl (C=O) groups excluding carboxylic acids is 1. The Morgan fingerprint density at radius 3 is 2.67 bits per heavy atom. The number of carbonyl (C=O) groups is 1. The molecule has 0 unspecified atom stereocenters. The highest BCUT2D eigenvalue weighted by Gasteiger charge is 2.36. The number of nitrogens with zero attached hydrogens (tertiary/aromatic N) is 1. The van der Waals surface area contributed by atoms with Gasteiger partial charge in [0, 0.05) is 13.2 Å². The third kappa shape index (κ3) is 4.70. The molecular formula is C25H27NO6S. The van der Waals surface area contributed by atoms with Gasteiger partial charge in [0.2, 0.25) is 0 Å². The zero-order valence-corrected chi connectivity index (χ0v) is 19.3. The quantitative estimate of drug-likeness (QED) is 0.476. The Labute approximate surface area is 194 Å². The Kier molecular flexibility index (Phi) is 6.91. The zero-order valence-electron chi connectivity index (χ0n) is 18.5. The van der Waals surface area contributed by atoms with Gasteiger partial charge in [-0.2, -0.15) is 0 Å². The largest absolute Gasteiger partial charge is 0.492 e. The first kappa shape index (κ1) is 23.1. The van der Waals surface area contributed by atoms with Gasteiger partial charge < -0.3 is 14.2 Å². The molecule has 174 valence electrons. The molecule has 8 heteroatoms. The van der Waals surface area contributed by atoms with Crippen LogP contribution in [-0.4, -0.2) is 47.4 Å². The van der Waals surface area contributed by atoms with Crippen LogP contribution in [0.2, 0.25) is 0 Å². The molecule has 2 aliphatic heterocycles. The minimum absolute atomic E-state index is 0.0433. The topological polar surface area (TPSA) is 82.1 Å². The van der Waals surface area contributed by atoms with Crippen LogP contribution in [0.15, 0.2) is 47.4 Å². The van der Waals surface area contributed by atoms with Gasteiger partial charge in [0.05, 0.1) is 24.3 Å². The molecule has 1 atom stereocenters. The summed E-state index contributed by atoms with van der Waals surface area (Å²) >= 11 is 0. The van der Waals surface area contributed by atoms with Crippen molar-refractivity contribution in [3.63, 3.8) is 0 Å². The standard InChI is InChI=1S/C25H27NO6S/c1-3-20-9-8-19-6-4-5-7-23(19)26(20)33(28,29)21-10-11-24(22(16-21)25(27)30-2)32-17-18-12-14-31-15-13-18/h1,4-7,10-11,16,18,20H,8-9,12-15,17H2,2H3/t20-/m0/s1. The predicted molar refractivity (Wildman–Crippen MR) is 124 cm³/mol. The molecule has 33 heavy (non-hydrogen) atoms. The number of methoxy groups -OCH3 is 1. The lowest BCUT2D eigenvalue weighted by Gasteiger charge is -2.35. The average Bonchev–Trinajstić information content (AvgIpc) is 2.86. The molecule has 0 amide bonds. The maximum absolute atomic E-state index is 13.7. The van der Waals surface area contributed by atoms with E-state index in [4.69, 9.17) is 20.6 Å². The summed E-state index contributed by atoms with van der Waals surface area (Å²) in [5.74, 6) is 2.55. The van der Waals surface area contributed by atoms with Gasteiger partial charge in [-0.3, -0.25) is 4.31 Å². The van der Waals surface area contributed by atoms with Crippen LogP contribution in [-0.2, 0) is 25.9 Å². The van der Waals surface area contributed by atoms with Crippen LogP contribution in [0, 0.1) is 18.3 Å². The van der Waals surface area contributed by atoms with Gasteiger partial charge in [-0.15, -0.1) is 6.42 Å². The van der Waals surface area contributed by atoms with E-state index in [9.17, 15) is 13.2 Å². The molecule has 0 radical (unpaired) electrons. The number of hydrogen-bond acceptors (Lipinski definition) is 6. The highest BCUT2D eigenvalue weighted by atomic mass is 32.2. The van der Waals surface area contributed by atoms with E-state index in [-0.39, 0.29) is 10.5 Å². The van der Waals surface area contributed by atoms with Crippen molar-refractivity contribution in [2.45, 2.75) is 36.6 Å². The van der Waals surface area contributed by atoms with Crippen molar-refractivity contribution >= 4 is 21.7 Å². The van der Waals surface area contributed by atoms with E-state index in [1.807, 2.05) is 12.1 Å². The number of rotatable bonds is 6. The minimum atomic E-state index is -4.04. The van der Waals surface area contributed by atoms with E-state index < -0.39 is 22.0 Å². The zero-order chi connectivity index (χ0) is 23.4. The van der Waals surface area contributed by atoms with Crippen LogP contribution < -0.4 is 9.04 Å². The third-order valence-corrected chi connectivity index (χ3v) is 7.94. The van der Waals surface area contributed by atoms with Crippen LogP contribution in [0.3, 0.4) is 0 Å². The second-order valence-electron chi connectivity index (χ2n) is 8.17. The number of hydrogen-bond donors (Lipinski definition) is 0. The summed E-state index contributed by atoms with van der Waals surface area (Å²) in [5, 5.41) is 0.